The maximum absolute atomic E-state index is 12.2. The first-order valence-electron chi connectivity index (χ1n) is 6.70. The lowest BCUT2D eigenvalue weighted by molar-refractivity contribution is 0.767. The van der Waals surface area contributed by atoms with E-state index in [0.29, 0.717) is 28.7 Å². The van der Waals surface area contributed by atoms with Gasteiger partial charge in [0.1, 0.15) is 5.82 Å². The van der Waals surface area contributed by atoms with Crippen molar-refractivity contribution in [3.63, 3.8) is 0 Å². The van der Waals surface area contributed by atoms with Crippen molar-refractivity contribution in [2.24, 2.45) is 7.05 Å². The third-order valence-electron chi connectivity index (χ3n) is 3.16. The minimum absolute atomic E-state index is 0.145. The summed E-state index contributed by atoms with van der Waals surface area (Å²) in [6.07, 6.45) is 4.21. The molecule has 0 fully saturated rings. The highest BCUT2D eigenvalue weighted by Crippen LogP contribution is 2.12. The fraction of sp³-hybridized carbons (Fsp3) is 0.188. The van der Waals surface area contributed by atoms with E-state index in [0.717, 1.165) is 5.56 Å². The summed E-state index contributed by atoms with van der Waals surface area (Å²) in [6.45, 7) is 1.95. The molecule has 2 heterocycles. The van der Waals surface area contributed by atoms with E-state index in [4.69, 9.17) is 0 Å². The molecule has 5 nitrogen and oxygen atoms in total. The Bertz CT molecular complexity index is 925. The van der Waals surface area contributed by atoms with Crippen molar-refractivity contribution in [3.05, 3.63) is 57.9 Å². The maximum atomic E-state index is 12.2. The summed E-state index contributed by atoms with van der Waals surface area (Å²) in [4.78, 5) is 19.4. The molecule has 0 unspecified atom stereocenters. The van der Waals surface area contributed by atoms with Gasteiger partial charge in [0, 0.05) is 25.2 Å². The lowest BCUT2D eigenvalue weighted by atomic mass is 10.1. The lowest BCUT2D eigenvalue weighted by Crippen LogP contribution is -2.12. The average Bonchev–Trinajstić information content (AvgIpc) is 2.90. The Morgan fingerprint density at radius 3 is 2.90 bits per heavy atom. The molecule has 0 aliphatic carbocycles. The van der Waals surface area contributed by atoms with Crippen LogP contribution in [0, 0.1) is 11.8 Å². The Hall–Kier alpha value is -2.87. The third-order valence-corrected chi connectivity index (χ3v) is 3.16. The van der Waals surface area contributed by atoms with E-state index >= 15 is 0 Å². The quantitative estimate of drug-likeness (QED) is 0.688. The van der Waals surface area contributed by atoms with Gasteiger partial charge in [-0.2, -0.15) is 5.10 Å². The SMILES string of the molecule is CCc1nc2cccc(C#Cc3cnn(C)c3)c2c(=O)[nH]1. The van der Waals surface area contributed by atoms with Crippen molar-refractivity contribution in [2.75, 3.05) is 0 Å². The van der Waals surface area contributed by atoms with E-state index in [2.05, 4.69) is 26.9 Å². The highest BCUT2D eigenvalue weighted by molar-refractivity contribution is 5.84. The predicted octanol–water partition coefficient (Wildman–Crippen LogP) is 1.62. The van der Waals surface area contributed by atoms with Crippen LogP contribution in [0.3, 0.4) is 0 Å². The molecule has 5 heteroatoms. The topological polar surface area (TPSA) is 63.6 Å². The molecule has 3 rings (SSSR count). The van der Waals surface area contributed by atoms with Crippen molar-refractivity contribution < 1.29 is 0 Å². The van der Waals surface area contributed by atoms with Crippen LogP contribution >= 0.6 is 0 Å². The van der Waals surface area contributed by atoms with Crippen molar-refractivity contribution in [1.29, 1.82) is 0 Å². The second-order valence-electron chi connectivity index (χ2n) is 4.72. The van der Waals surface area contributed by atoms with E-state index in [1.807, 2.05) is 38.4 Å². The molecule has 0 saturated heterocycles. The van der Waals surface area contributed by atoms with Crippen LogP contribution in [0.2, 0.25) is 0 Å². The van der Waals surface area contributed by atoms with Crippen molar-refractivity contribution in [2.45, 2.75) is 13.3 Å². The van der Waals surface area contributed by atoms with Crippen molar-refractivity contribution in [1.82, 2.24) is 19.7 Å². The minimum atomic E-state index is -0.145. The molecular weight excluding hydrogens is 264 g/mol. The van der Waals surface area contributed by atoms with Crippen molar-refractivity contribution >= 4 is 10.9 Å². The summed E-state index contributed by atoms with van der Waals surface area (Å²) in [5.41, 5.74) is 2.01. The Balaban J connectivity index is 2.16. The fourth-order valence-corrected chi connectivity index (χ4v) is 2.14. The average molecular weight is 278 g/mol. The molecule has 1 N–H and O–H groups in total. The van der Waals surface area contributed by atoms with E-state index in [1.165, 1.54) is 0 Å². The highest BCUT2D eigenvalue weighted by Gasteiger charge is 2.06. The van der Waals surface area contributed by atoms with Gasteiger partial charge in [0.05, 0.1) is 22.7 Å². The number of benzene rings is 1. The number of rotatable bonds is 1. The number of nitrogens with one attached hydrogen (secondary N) is 1. The van der Waals surface area contributed by atoms with Gasteiger partial charge in [0.15, 0.2) is 0 Å². The lowest BCUT2D eigenvalue weighted by Gasteiger charge is -2.01. The number of hydrogen-bond donors (Lipinski definition) is 1. The van der Waals surface area contributed by atoms with Crippen LogP contribution < -0.4 is 5.56 Å². The molecule has 0 saturated carbocycles. The molecule has 0 atom stereocenters. The number of aryl methyl sites for hydroxylation is 2. The molecule has 104 valence electrons. The second kappa shape index (κ2) is 5.25. The zero-order chi connectivity index (χ0) is 14.8. The number of hydrogen-bond acceptors (Lipinski definition) is 3. The first-order chi connectivity index (χ1) is 10.2. The summed E-state index contributed by atoms with van der Waals surface area (Å²) in [5, 5.41) is 4.60. The van der Waals surface area contributed by atoms with Gasteiger partial charge < -0.3 is 4.98 Å². The molecule has 21 heavy (non-hydrogen) atoms. The molecule has 0 spiro atoms. The van der Waals surface area contributed by atoms with E-state index in [9.17, 15) is 4.79 Å². The smallest absolute Gasteiger partial charge is 0.260 e. The summed E-state index contributed by atoms with van der Waals surface area (Å²) in [6, 6.07) is 5.52. The number of aromatic amines is 1. The summed E-state index contributed by atoms with van der Waals surface area (Å²) < 4.78 is 1.69. The monoisotopic (exact) mass is 278 g/mol. The highest BCUT2D eigenvalue weighted by atomic mass is 16.1. The molecule has 0 aliphatic heterocycles. The van der Waals surface area contributed by atoms with Gasteiger partial charge in [-0.25, -0.2) is 4.98 Å². The van der Waals surface area contributed by atoms with Gasteiger partial charge >= 0.3 is 0 Å². The number of nitrogens with zero attached hydrogens (tertiary/aromatic N) is 3. The Morgan fingerprint density at radius 2 is 2.19 bits per heavy atom. The zero-order valence-corrected chi connectivity index (χ0v) is 11.8. The number of aromatic nitrogens is 4. The molecule has 0 radical (unpaired) electrons. The van der Waals surface area contributed by atoms with Gasteiger partial charge in [-0.05, 0) is 12.1 Å². The Labute approximate surface area is 121 Å². The Kier molecular flexibility index (Phi) is 3.28. The van der Waals surface area contributed by atoms with E-state index in [1.54, 1.807) is 10.9 Å². The van der Waals surface area contributed by atoms with Crippen LogP contribution in [-0.2, 0) is 13.5 Å². The summed E-state index contributed by atoms with van der Waals surface area (Å²) >= 11 is 0. The first kappa shape index (κ1) is 13.1. The van der Waals surface area contributed by atoms with Crippen molar-refractivity contribution in [3.8, 4) is 11.8 Å². The molecule has 0 amide bonds. The van der Waals surface area contributed by atoms with Crippen LogP contribution in [0.4, 0.5) is 0 Å². The fourth-order valence-electron chi connectivity index (χ4n) is 2.14. The molecule has 0 bridgehead atoms. The van der Waals surface area contributed by atoms with E-state index < -0.39 is 0 Å². The van der Waals surface area contributed by atoms with Gasteiger partial charge in [-0.15, -0.1) is 0 Å². The molecule has 1 aromatic carbocycles. The number of H-pyrrole nitrogens is 1. The molecular formula is C16H14N4O. The van der Waals surface area contributed by atoms with Crippen LogP contribution in [0.5, 0.6) is 0 Å². The predicted molar refractivity (Wildman–Crippen MR) is 80.9 cm³/mol. The normalized spacial score (nSPS) is 10.4. The van der Waals surface area contributed by atoms with Crippen LogP contribution in [-0.4, -0.2) is 19.7 Å². The van der Waals surface area contributed by atoms with Gasteiger partial charge in [0.2, 0.25) is 0 Å². The van der Waals surface area contributed by atoms with Gasteiger partial charge in [0.25, 0.3) is 5.56 Å². The third kappa shape index (κ3) is 2.56. The van der Waals surface area contributed by atoms with Gasteiger partial charge in [-0.1, -0.05) is 24.8 Å². The van der Waals surface area contributed by atoms with Crippen LogP contribution in [0.15, 0.2) is 35.4 Å². The maximum Gasteiger partial charge on any atom is 0.260 e. The second-order valence-corrected chi connectivity index (χ2v) is 4.72. The molecule has 2 aromatic heterocycles. The Morgan fingerprint density at radius 1 is 1.33 bits per heavy atom. The van der Waals surface area contributed by atoms with Crippen LogP contribution in [0.1, 0.15) is 23.9 Å². The zero-order valence-electron chi connectivity index (χ0n) is 11.8. The minimum Gasteiger partial charge on any atom is -0.310 e. The molecule has 0 aliphatic rings. The standard InChI is InChI=1S/C16H14N4O/c1-3-14-18-13-6-4-5-12(15(13)16(21)19-14)8-7-11-9-17-20(2)10-11/h4-6,9-10H,3H2,1-2H3,(H,18,19,21). The summed E-state index contributed by atoms with van der Waals surface area (Å²) in [5.74, 6) is 6.73. The number of fused-ring (bicyclic) bond motifs is 1. The van der Waals surface area contributed by atoms with Gasteiger partial charge in [-0.3, -0.25) is 9.48 Å². The first-order valence-corrected chi connectivity index (χ1v) is 6.70. The largest absolute Gasteiger partial charge is 0.310 e. The summed E-state index contributed by atoms with van der Waals surface area (Å²) in [7, 11) is 1.84. The molecule has 3 aromatic rings. The van der Waals surface area contributed by atoms with Crippen LogP contribution in [0.25, 0.3) is 10.9 Å². The van der Waals surface area contributed by atoms with E-state index in [-0.39, 0.29) is 5.56 Å².